The molecule has 3 aromatic rings. The van der Waals surface area contributed by atoms with E-state index in [9.17, 15) is 14.4 Å². The van der Waals surface area contributed by atoms with Crippen molar-refractivity contribution in [3.8, 4) is 17.6 Å². The van der Waals surface area contributed by atoms with Crippen LogP contribution in [0.25, 0.3) is 6.08 Å². The molecule has 9 heteroatoms. The van der Waals surface area contributed by atoms with Crippen LogP contribution in [0.15, 0.2) is 76.1 Å². The lowest BCUT2D eigenvalue weighted by molar-refractivity contribution is -0.122. The summed E-state index contributed by atoms with van der Waals surface area (Å²) in [6, 6.07) is 21.1. The fourth-order valence-corrected chi connectivity index (χ4v) is 4.85. The Morgan fingerprint density at radius 3 is 2.50 bits per heavy atom. The first-order valence-corrected chi connectivity index (χ1v) is 12.3. The molecule has 0 saturated carbocycles. The lowest BCUT2D eigenvalue weighted by Crippen LogP contribution is -2.33. The molecule has 0 N–H and O–H groups in total. The topological polar surface area (TPSA) is 96.7 Å². The van der Waals surface area contributed by atoms with Gasteiger partial charge in [-0.1, -0.05) is 42.5 Å². The number of nitriles is 1. The minimum Gasteiger partial charge on any atom is -0.493 e. The van der Waals surface area contributed by atoms with Crippen LogP contribution in [0.2, 0.25) is 0 Å². The van der Waals surface area contributed by atoms with Gasteiger partial charge in [0.25, 0.3) is 11.1 Å². The number of amides is 2. The molecule has 3 aromatic carbocycles. The number of carbonyl (C=O) groups excluding carboxylic acids is 3. The van der Waals surface area contributed by atoms with Crippen LogP contribution in [-0.2, 0) is 11.4 Å². The molecule has 0 radical (unpaired) electrons. The average molecular weight is 563 g/mol. The number of ketones is 1. The second-order valence-electron chi connectivity index (χ2n) is 7.69. The van der Waals surface area contributed by atoms with E-state index < -0.39 is 11.1 Å². The highest BCUT2D eigenvalue weighted by Crippen LogP contribution is 2.39. The van der Waals surface area contributed by atoms with E-state index >= 15 is 0 Å². The van der Waals surface area contributed by atoms with E-state index in [0.29, 0.717) is 32.7 Å². The molecule has 7 nitrogen and oxygen atoms in total. The number of rotatable bonds is 8. The summed E-state index contributed by atoms with van der Waals surface area (Å²) >= 11 is 4.27. The summed E-state index contributed by atoms with van der Waals surface area (Å²) in [6.45, 7) is -0.0600. The quantitative estimate of drug-likeness (QED) is 0.251. The second-order valence-corrected chi connectivity index (χ2v) is 9.54. The number of carbonyl (C=O) groups is 3. The number of Topliss-reactive ketones (excluding diaryl/α,β-unsaturated/α-hetero) is 1. The predicted molar refractivity (Wildman–Crippen MR) is 140 cm³/mol. The summed E-state index contributed by atoms with van der Waals surface area (Å²) in [5, 5.41) is 8.44. The number of nitrogens with zero attached hydrogens (tertiary/aromatic N) is 2. The van der Waals surface area contributed by atoms with Gasteiger partial charge < -0.3 is 9.47 Å². The highest BCUT2D eigenvalue weighted by molar-refractivity contribution is 9.10. The standard InChI is InChI=1S/C27H19BrN2O5S/c1-34-23-12-19(11-21(28)25(23)35-16-18-9-7-17(14-29)8-10-18)13-24-26(32)30(27(33)36-24)15-22(31)20-5-3-2-4-6-20/h2-13H,15-16H2,1H3/b24-13+. The van der Waals surface area contributed by atoms with Crippen molar-refractivity contribution in [2.45, 2.75) is 6.61 Å². The molecule has 2 amide bonds. The predicted octanol–water partition coefficient (Wildman–Crippen LogP) is 5.83. The van der Waals surface area contributed by atoms with Gasteiger partial charge in [0.2, 0.25) is 0 Å². The third kappa shape index (κ3) is 5.67. The van der Waals surface area contributed by atoms with Crippen LogP contribution < -0.4 is 9.47 Å². The summed E-state index contributed by atoms with van der Waals surface area (Å²) in [6.07, 6.45) is 1.58. The lowest BCUT2D eigenvalue weighted by atomic mass is 10.1. The Balaban J connectivity index is 1.50. The fourth-order valence-electron chi connectivity index (χ4n) is 3.44. The Morgan fingerprint density at radius 2 is 1.83 bits per heavy atom. The fraction of sp³-hybridized carbons (Fsp3) is 0.111. The third-order valence-electron chi connectivity index (χ3n) is 5.29. The van der Waals surface area contributed by atoms with Gasteiger partial charge in [0, 0.05) is 5.56 Å². The molecule has 0 aliphatic carbocycles. The first kappa shape index (κ1) is 25.2. The zero-order valence-corrected chi connectivity index (χ0v) is 21.5. The van der Waals surface area contributed by atoms with E-state index in [1.165, 1.54) is 7.11 Å². The number of hydrogen-bond donors (Lipinski definition) is 0. The molecule has 1 heterocycles. The van der Waals surface area contributed by atoms with E-state index in [2.05, 4.69) is 22.0 Å². The molecular weight excluding hydrogens is 544 g/mol. The Bertz CT molecular complexity index is 1400. The van der Waals surface area contributed by atoms with Gasteiger partial charge in [-0.3, -0.25) is 19.3 Å². The van der Waals surface area contributed by atoms with Gasteiger partial charge in [0.15, 0.2) is 17.3 Å². The van der Waals surface area contributed by atoms with Crippen molar-refractivity contribution < 1.29 is 23.9 Å². The molecule has 0 aromatic heterocycles. The number of benzene rings is 3. The van der Waals surface area contributed by atoms with E-state index in [4.69, 9.17) is 14.7 Å². The van der Waals surface area contributed by atoms with Crippen LogP contribution in [0.4, 0.5) is 4.79 Å². The number of ether oxygens (including phenoxy) is 2. The van der Waals surface area contributed by atoms with Crippen molar-refractivity contribution in [2.24, 2.45) is 0 Å². The van der Waals surface area contributed by atoms with Gasteiger partial charge >= 0.3 is 0 Å². The number of thioether (sulfide) groups is 1. The summed E-state index contributed by atoms with van der Waals surface area (Å²) in [5.74, 6) is 0.0705. The molecule has 0 atom stereocenters. The minimum absolute atomic E-state index is 0.209. The SMILES string of the molecule is COc1cc(/C=C2/SC(=O)N(CC(=O)c3ccccc3)C2=O)cc(Br)c1OCc1ccc(C#N)cc1. The Kier molecular flexibility index (Phi) is 7.88. The van der Waals surface area contributed by atoms with Crippen molar-refractivity contribution in [3.05, 3.63) is 98.4 Å². The maximum absolute atomic E-state index is 12.9. The molecule has 0 spiro atoms. The van der Waals surface area contributed by atoms with Gasteiger partial charge in [-0.05, 0) is 69.2 Å². The zero-order chi connectivity index (χ0) is 25.7. The number of hydrogen-bond acceptors (Lipinski definition) is 7. The van der Waals surface area contributed by atoms with Crippen molar-refractivity contribution in [1.29, 1.82) is 5.26 Å². The molecule has 1 fully saturated rings. The summed E-state index contributed by atoms with van der Waals surface area (Å²) in [7, 11) is 1.50. The van der Waals surface area contributed by atoms with E-state index in [0.717, 1.165) is 22.2 Å². The number of halogens is 1. The van der Waals surface area contributed by atoms with Gasteiger partial charge in [0.05, 0.1) is 34.7 Å². The van der Waals surface area contributed by atoms with Crippen LogP contribution in [0.1, 0.15) is 27.0 Å². The van der Waals surface area contributed by atoms with Crippen molar-refractivity contribution in [3.63, 3.8) is 0 Å². The maximum atomic E-state index is 12.9. The highest BCUT2D eigenvalue weighted by atomic mass is 79.9. The van der Waals surface area contributed by atoms with Gasteiger partial charge in [-0.15, -0.1) is 0 Å². The molecule has 0 bridgehead atoms. The molecular formula is C27H19BrN2O5S. The van der Waals surface area contributed by atoms with Crippen molar-refractivity contribution >= 4 is 50.7 Å². The normalized spacial score (nSPS) is 14.1. The highest BCUT2D eigenvalue weighted by Gasteiger charge is 2.36. The van der Waals surface area contributed by atoms with Crippen LogP contribution in [0.3, 0.4) is 0 Å². The molecule has 180 valence electrons. The number of imide groups is 1. The molecule has 36 heavy (non-hydrogen) atoms. The lowest BCUT2D eigenvalue weighted by Gasteiger charge is -2.14. The summed E-state index contributed by atoms with van der Waals surface area (Å²) in [5.41, 5.74) is 2.50. The summed E-state index contributed by atoms with van der Waals surface area (Å²) < 4.78 is 12.0. The first-order valence-electron chi connectivity index (χ1n) is 10.7. The van der Waals surface area contributed by atoms with Crippen LogP contribution >= 0.6 is 27.7 Å². The first-order chi connectivity index (χ1) is 17.4. The van der Waals surface area contributed by atoms with Gasteiger partial charge in [0.1, 0.15) is 6.61 Å². The molecule has 1 aliphatic rings. The average Bonchev–Trinajstić information content (AvgIpc) is 3.15. The minimum atomic E-state index is -0.523. The van der Waals surface area contributed by atoms with Crippen molar-refractivity contribution in [1.82, 2.24) is 4.90 Å². The maximum Gasteiger partial charge on any atom is 0.293 e. The smallest absolute Gasteiger partial charge is 0.293 e. The molecule has 1 saturated heterocycles. The Morgan fingerprint density at radius 1 is 1.11 bits per heavy atom. The molecule has 1 aliphatic heterocycles. The van der Waals surface area contributed by atoms with Crippen LogP contribution in [0.5, 0.6) is 11.5 Å². The summed E-state index contributed by atoms with van der Waals surface area (Å²) in [4.78, 5) is 39.0. The second kappa shape index (κ2) is 11.2. The van der Waals surface area contributed by atoms with Crippen molar-refractivity contribution in [2.75, 3.05) is 13.7 Å². The Labute approximate surface area is 220 Å². The van der Waals surface area contributed by atoms with E-state index in [1.54, 1.807) is 60.7 Å². The van der Waals surface area contributed by atoms with Crippen LogP contribution in [-0.4, -0.2) is 35.5 Å². The zero-order valence-electron chi connectivity index (χ0n) is 19.1. The van der Waals surface area contributed by atoms with Gasteiger partial charge in [-0.2, -0.15) is 5.26 Å². The third-order valence-corrected chi connectivity index (χ3v) is 6.78. The largest absolute Gasteiger partial charge is 0.493 e. The number of methoxy groups -OCH3 is 1. The Hall–Kier alpha value is -3.87. The molecule has 0 unspecified atom stereocenters. The monoisotopic (exact) mass is 562 g/mol. The van der Waals surface area contributed by atoms with E-state index in [-0.39, 0.29) is 23.8 Å². The molecule has 4 rings (SSSR count). The van der Waals surface area contributed by atoms with Gasteiger partial charge in [-0.25, -0.2) is 0 Å². The van der Waals surface area contributed by atoms with Crippen LogP contribution in [0, 0.1) is 11.3 Å². The van der Waals surface area contributed by atoms with E-state index in [1.807, 2.05) is 12.1 Å².